The monoisotopic (exact) mass is 858 g/mol. The van der Waals surface area contributed by atoms with E-state index in [1.807, 2.05) is 21.1 Å². The zero-order chi connectivity index (χ0) is 43.6. The molecule has 2 atom stereocenters. The van der Waals surface area contributed by atoms with Gasteiger partial charge in [0.1, 0.15) is 19.8 Å². The molecule has 0 N–H and O–H groups in total. The third-order valence-corrected chi connectivity index (χ3v) is 12.0. The van der Waals surface area contributed by atoms with Crippen LogP contribution in [0.3, 0.4) is 0 Å². The zero-order valence-corrected chi connectivity index (χ0v) is 40.4. The predicted molar refractivity (Wildman–Crippen MR) is 245 cm³/mol. The highest BCUT2D eigenvalue weighted by atomic mass is 31.2. The normalized spacial score (nSPS) is 13.5. The van der Waals surface area contributed by atoms with E-state index in [0.717, 1.165) is 51.4 Å². The number of quaternary nitrogens is 1. The minimum absolute atomic E-state index is 0.0291. The Morgan fingerprint density at radius 2 is 0.864 bits per heavy atom. The van der Waals surface area contributed by atoms with Crippen molar-refractivity contribution in [1.29, 1.82) is 0 Å². The molecule has 0 aromatic carbocycles. The molecule has 0 radical (unpaired) electrons. The highest BCUT2D eigenvalue weighted by Crippen LogP contribution is 2.38. The minimum atomic E-state index is -4.62. The van der Waals surface area contributed by atoms with E-state index in [4.69, 9.17) is 18.5 Å². The summed E-state index contributed by atoms with van der Waals surface area (Å²) in [4.78, 5) is 37.6. The number of nitrogens with zero attached hydrogens (tertiary/aromatic N) is 1. The van der Waals surface area contributed by atoms with Crippen molar-refractivity contribution in [1.82, 2.24) is 0 Å². The van der Waals surface area contributed by atoms with Gasteiger partial charge in [-0.25, -0.2) is 0 Å². The summed E-state index contributed by atoms with van der Waals surface area (Å²) in [5.74, 6) is -0.831. The Labute approximate surface area is 365 Å². The summed E-state index contributed by atoms with van der Waals surface area (Å²) in [5, 5.41) is 0. The van der Waals surface area contributed by atoms with E-state index >= 15 is 0 Å². The maximum atomic E-state index is 12.7. The lowest BCUT2D eigenvalue weighted by molar-refractivity contribution is -0.870. The van der Waals surface area contributed by atoms with Crippen LogP contribution in [0.4, 0.5) is 0 Å². The van der Waals surface area contributed by atoms with E-state index in [9.17, 15) is 19.0 Å². The van der Waals surface area contributed by atoms with Crippen molar-refractivity contribution in [2.75, 3.05) is 47.5 Å². The third kappa shape index (κ3) is 46.1. The van der Waals surface area contributed by atoms with Gasteiger partial charge in [-0.05, 0) is 38.5 Å². The molecular weight excluding hydrogens is 762 g/mol. The van der Waals surface area contributed by atoms with Gasteiger partial charge < -0.3 is 27.9 Å². The van der Waals surface area contributed by atoms with Gasteiger partial charge in [0.15, 0.2) is 6.10 Å². The Bertz CT molecular complexity index is 1020. The summed E-state index contributed by atoms with van der Waals surface area (Å²) in [7, 11) is 1.17. The molecule has 0 aliphatic rings. The molecular formula is C49H96NO8P. The first-order valence-electron chi connectivity index (χ1n) is 24.9. The number of rotatable bonds is 46. The SMILES string of the molecule is CCCCCCC/C=C\CCCCCCCC(=O)OC(COC(=O)CCCCCCCCCCCCCCCCCCCCCCC)COP(=O)([O-])OCC[N+](C)(C)C. The quantitative estimate of drug-likeness (QED) is 0.0196. The van der Waals surface area contributed by atoms with Crippen molar-refractivity contribution >= 4 is 19.8 Å². The Hall–Kier alpha value is -1.25. The summed E-state index contributed by atoms with van der Waals surface area (Å²) in [6, 6.07) is 0. The van der Waals surface area contributed by atoms with Crippen molar-refractivity contribution in [3.8, 4) is 0 Å². The highest BCUT2D eigenvalue weighted by Gasteiger charge is 2.21. The molecule has 9 nitrogen and oxygen atoms in total. The summed E-state index contributed by atoms with van der Waals surface area (Å²) >= 11 is 0. The molecule has 10 heteroatoms. The van der Waals surface area contributed by atoms with Gasteiger partial charge in [-0.15, -0.1) is 0 Å². The number of esters is 2. The number of carbonyl (C=O) groups is 2. The van der Waals surface area contributed by atoms with Gasteiger partial charge in [-0.3, -0.25) is 14.2 Å². The fourth-order valence-electron chi connectivity index (χ4n) is 7.12. The molecule has 0 amide bonds. The fraction of sp³-hybridized carbons (Fsp3) is 0.918. The van der Waals surface area contributed by atoms with Crippen molar-refractivity contribution < 1.29 is 42.1 Å². The first kappa shape index (κ1) is 57.8. The van der Waals surface area contributed by atoms with Crippen LogP contribution < -0.4 is 4.89 Å². The number of phosphoric acid groups is 1. The van der Waals surface area contributed by atoms with Crippen LogP contribution in [-0.2, 0) is 32.7 Å². The second-order valence-electron chi connectivity index (χ2n) is 18.2. The van der Waals surface area contributed by atoms with Gasteiger partial charge in [-0.2, -0.15) is 0 Å². The summed E-state index contributed by atoms with van der Waals surface area (Å²) in [6.45, 7) is 4.25. The molecule has 0 spiro atoms. The van der Waals surface area contributed by atoms with Crippen LogP contribution in [0, 0.1) is 0 Å². The van der Waals surface area contributed by atoms with Crippen molar-refractivity contribution in [3.05, 3.63) is 12.2 Å². The van der Waals surface area contributed by atoms with E-state index in [1.165, 1.54) is 154 Å². The largest absolute Gasteiger partial charge is 0.756 e. The van der Waals surface area contributed by atoms with Crippen LogP contribution in [-0.4, -0.2) is 70.0 Å². The molecule has 0 aromatic heterocycles. The van der Waals surface area contributed by atoms with Gasteiger partial charge in [-0.1, -0.05) is 199 Å². The van der Waals surface area contributed by atoms with Crippen LogP contribution >= 0.6 is 7.82 Å². The molecule has 350 valence electrons. The van der Waals surface area contributed by atoms with Gasteiger partial charge in [0, 0.05) is 12.8 Å². The van der Waals surface area contributed by atoms with Crippen molar-refractivity contribution in [3.63, 3.8) is 0 Å². The van der Waals surface area contributed by atoms with E-state index in [1.54, 1.807) is 0 Å². The molecule has 0 aromatic rings. The lowest BCUT2D eigenvalue weighted by atomic mass is 10.0. The molecule has 0 saturated heterocycles. The predicted octanol–water partition coefficient (Wildman–Crippen LogP) is 13.9. The number of ether oxygens (including phenoxy) is 2. The smallest absolute Gasteiger partial charge is 0.306 e. The summed E-state index contributed by atoms with van der Waals surface area (Å²) in [6.07, 6.45) is 45.3. The standard InChI is InChI=1S/C49H96NO8P/c1-6-8-10-12-14-16-18-20-22-23-24-25-26-27-28-30-31-33-35-37-39-41-48(51)55-45-47(46-57-59(53,54)56-44-43-50(3,4)5)58-49(52)42-40-38-36-34-32-29-21-19-17-15-13-11-9-7-2/h19,21,47H,6-18,20,22-46H2,1-5H3/b21-19-. The molecule has 0 saturated carbocycles. The van der Waals surface area contributed by atoms with E-state index in [0.29, 0.717) is 17.4 Å². The Morgan fingerprint density at radius 1 is 0.508 bits per heavy atom. The average Bonchev–Trinajstić information content (AvgIpc) is 3.19. The van der Waals surface area contributed by atoms with Gasteiger partial charge in [0.2, 0.25) is 0 Å². The Balaban J connectivity index is 4.20. The number of phosphoric ester groups is 1. The zero-order valence-electron chi connectivity index (χ0n) is 39.5. The fourth-order valence-corrected chi connectivity index (χ4v) is 7.85. The molecule has 0 fully saturated rings. The van der Waals surface area contributed by atoms with Crippen molar-refractivity contribution in [2.45, 2.75) is 245 Å². The van der Waals surface area contributed by atoms with Crippen LogP contribution in [0.15, 0.2) is 12.2 Å². The molecule has 2 unspecified atom stereocenters. The second kappa shape index (κ2) is 42.1. The highest BCUT2D eigenvalue weighted by molar-refractivity contribution is 7.45. The Kier molecular flexibility index (Phi) is 41.2. The molecule has 0 aliphatic heterocycles. The van der Waals surface area contributed by atoms with Crippen LogP contribution in [0.2, 0.25) is 0 Å². The topological polar surface area (TPSA) is 111 Å². The maximum Gasteiger partial charge on any atom is 0.306 e. The van der Waals surface area contributed by atoms with Gasteiger partial charge in [0.25, 0.3) is 7.82 Å². The second-order valence-corrected chi connectivity index (χ2v) is 19.6. The van der Waals surface area contributed by atoms with E-state index < -0.39 is 26.5 Å². The third-order valence-electron chi connectivity index (χ3n) is 11.0. The summed E-state index contributed by atoms with van der Waals surface area (Å²) in [5.41, 5.74) is 0. The molecule has 59 heavy (non-hydrogen) atoms. The maximum absolute atomic E-state index is 12.7. The lowest BCUT2D eigenvalue weighted by Crippen LogP contribution is -2.37. The molecule has 0 bridgehead atoms. The first-order valence-corrected chi connectivity index (χ1v) is 26.4. The molecule has 0 heterocycles. The number of carbonyl (C=O) groups excluding carboxylic acids is 2. The number of likely N-dealkylation sites (N-methyl/N-ethyl adjacent to an activating group) is 1. The van der Waals surface area contributed by atoms with E-state index in [2.05, 4.69) is 26.0 Å². The van der Waals surface area contributed by atoms with Gasteiger partial charge >= 0.3 is 11.9 Å². The summed E-state index contributed by atoms with van der Waals surface area (Å²) < 4.78 is 34.0. The van der Waals surface area contributed by atoms with Crippen LogP contribution in [0.25, 0.3) is 0 Å². The number of allylic oxidation sites excluding steroid dienone is 2. The Morgan fingerprint density at radius 3 is 1.25 bits per heavy atom. The van der Waals surface area contributed by atoms with E-state index in [-0.39, 0.29) is 32.0 Å². The van der Waals surface area contributed by atoms with Crippen LogP contribution in [0.5, 0.6) is 0 Å². The molecule has 0 aliphatic carbocycles. The number of hydrogen-bond donors (Lipinski definition) is 0. The lowest BCUT2D eigenvalue weighted by Gasteiger charge is -2.28. The van der Waals surface area contributed by atoms with Crippen LogP contribution in [0.1, 0.15) is 239 Å². The van der Waals surface area contributed by atoms with Crippen molar-refractivity contribution in [2.24, 2.45) is 0 Å². The molecule has 0 rings (SSSR count). The minimum Gasteiger partial charge on any atom is -0.756 e. The van der Waals surface area contributed by atoms with Gasteiger partial charge in [0.05, 0.1) is 27.7 Å². The number of unbranched alkanes of at least 4 members (excludes halogenated alkanes) is 30. The average molecular weight is 858 g/mol. The number of hydrogen-bond acceptors (Lipinski definition) is 8. The first-order chi connectivity index (χ1) is 28.5.